The van der Waals surface area contributed by atoms with Crippen molar-refractivity contribution >= 4 is 16.8 Å². The second-order valence-corrected chi connectivity index (χ2v) is 4.30. The highest BCUT2D eigenvalue weighted by atomic mass is 16.2. The number of carbonyl (C=O) groups excluding carboxylic acids is 1. The molecule has 1 aromatic heterocycles. The van der Waals surface area contributed by atoms with E-state index in [1.807, 2.05) is 66.9 Å². The van der Waals surface area contributed by atoms with Crippen LogP contribution < -0.4 is 0 Å². The second-order valence-electron chi connectivity index (χ2n) is 4.30. The summed E-state index contributed by atoms with van der Waals surface area (Å²) in [6.45, 7) is 0. The first-order valence-corrected chi connectivity index (χ1v) is 5.98. The average Bonchev–Trinajstić information content (AvgIpc) is 2.84. The van der Waals surface area contributed by atoms with Gasteiger partial charge in [0.1, 0.15) is 0 Å². The Morgan fingerprint density at radius 2 is 1.61 bits per heavy atom. The molecule has 0 saturated heterocycles. The Morgan fingerprint density at radius 3 is 2.44 bits per heavy atom. The van der Waals surface area contributed by atoms with Crippen molar-refractivity contribution in [3.05, 3.63) is 72.4 Å². The summed E-state index contributed by atoms with van der Waals surface area (Å²) in [7, 11) is 0. The van der Waals surface area contributed by atoms with E-state index in [1.54, 1.807) is 4.57 Å². The van der Waals surface area contributed by atoms with Gasteiger partial charge in [-0.3, -0.25) is 9.36 Å². The minimum Gasteiger partial charge on any atom is -0.287 e. The predicted octanol–water partition coefficient (Wildman–Crippen LogP) is 3.52. The van der Waals surface area contributed by atoms with Gasteiger partial charge in [-0.1, -0.05) is 48.5 Å². The van der Waals surface area contributed by atoms with Crippen molar-refractivity contribution in [3.63, 3.8) is 0 Å². The molecule has 0 bridgehead atoms. The Labute approximate surface area is 105 Å². The first-order chi connectivity index (χ1) is 8.84. The lowest BCUT2D eigenvalue weighted by Gasteiger charge is -2.04. The number of rotatable bonds is 2. The molecule has 3 rings (SSSR count). The fourth-order valence-electron chi connectivity index (χ4n) is 2.16. The largest absolute Gasteiger partial charge is 0.287 e. The quantitative estimate of drug-likeness (QED) is 0.666. The molecule has 0 aliphatic carbocycles. The van der Waals surface area contributed by atoms with Gasteiger partial charge < -0.3 is 0 Å². The number of aromatic nitrogens is 1. The van der Waals surface area contributed by atoms with Crippen LogP contribution in [0, 0.1) is 0 Å². The molecule has 0 spiro atoms. The van der Waals surface area contributed by atoms with Crippen molar-refractivity contribution in [2.45, 2.75) is 6.42 Å². The van der Waals surface area contributed by atoms with E-state index in [0.717, 1.165) is 16.5 Å². The first kappa shape index (κ1) is 10.8. The van der Waals surface area contributed by atoms with Gasteiger partial charge in [-0.05, 0) is 17.7 Å². The summed E-state index contributed by atoms with van der Waals surface area (Å²) in [5, 5.41) is 1.10. The molecular weight excluding hydrogens is 222 g/mol. The Morgan fingerprint density at radius 1 is 0.889 bits per heavy atom. The number of nitrogens with zero attached hydrogens (tertiary/aromatic N) is 1. The van der Waals surface area contributed by atoms with E-state index in [2.05, 4.69) is 0 Å². The third-order valence-corrected chi connectivity index (χ3v) is 3.07. The second kappa shape index (κ2) is 4.49. The third-order valence-electron chi connectivity index (χ3n) is 3.07. The van der Waals surface area contributed by atoms with Crippen LogP contribution in [0.25, 0.3) is 10.9 Å². The molecule has 0 unspecified atom stereocenters. The normalized spacial score (nSPS) is 10.7. The van der Waals surface area contributed by atoms with E-state index in [1.165, 1.54) is 0 Å². The van der Waals surface area contributed by atoms with Gasteiger partial charge in [0, 0.05) is 11.6 Å². The molecule has 0 radical (unpaired) electrons. The molecule has 0 amide bonds. The molecule has 0 aliphatic heterocycles. The van der Waals surface area contributed by atoms with Crippen molar-refractivity contribution in [1.82, 2.24) is 4.57 Å². The molecular formula is C16H13NO. The van der Waals surface area contributed by atoms with E-state index in [9.17, 15) is 4.79 Å². The van der Waals surface area contributed by atoms with Gasteiger partial charge in [-0.15, -0.1) is 0 Å². The molecule has 3 aromatic rings. The number of fused-ring (bicyclic) bond motifs is 1. The van der Waals surface area contributed by atoms with Crippen LogP contribution in [0.5, 0.6) is 0 Å². The maximum Gasteiger partial charge on any atom is 0.235 e. The third kappa shape index (κ3) is 1.93. The smallest absolute Gasteiger partial charge is 0.235 e. The Kier molecular flexibility index (Phi) is 2.69. The minimum atomic E-state index is 0.0994. The van der Waals surface area contributed by atoms with Crippen molar-refractivity contribution < 1.29 is 4.79 Å². The molecule has 2 aromatic carbocycles. The predicted molar refractivity (Wildman–Crippen MR) is 72.7 cm³/mol. The highest BCUT2D eigenvalue weighted by Crippen LogP contribution is 2.15. The summed E-state index contributed by atoms with van der Waals surface area (Å²) in [6.07, 6.45) is 2.27. The van der Waals surface area contributed by atoms with Crippen molar-refractivity contribution in [2.24, 2.45) is 0 Å². The Hall–Kier alpha value is -2.35. The number of hydrogen-bond acceptors (Lipinski definition) is 1. The first-order valence-electron chi connectivity index (χ1n) is 5.98. The molecule has 0 atom stereocenters. The van der Waals surface area contributed by atoms with E-state index in [0.29, 0.717) is 6.42 Å². The molecule has 1 heterocycles. The standard InChI is InChI=1S/C16H13NO/c18-16(12-13-6-2-1-3-7-13)17-11-10-14-8-4-5-9-15(14)17/h1-11H,12H2. The molecule has 2 nitrogen and oxygen atoms in total. The number of hydrogen-bond donors (Lipinski definition) is 0. The molecule has 0 saturated carbocycles. The van der Waals surface area contributed by atoms with Crippen LogP contribution in [0.1, 0.15) is 10.4 Å². The van der Waals surface area contributed by atoms with Gasteiger partial charge >= 0.3 is 0 Å². The Balaban J connectivity index is 1.93. The molecule has 0 N–H and O–H groups in total. The van der Waals surface area contributed by atoms with Crippen LogP contribution in [0.2, 0.25) is 0 Å². The number of carbonyl (C=O) groups is 1. The molecule has 0 aliphatic rings. The average molecular weight is 235 g/mol. The fourth-order valence-corrected chi connectivity index (χ4v) is 2.16. The van der Waals surface area contributed by atoms with Crippen molar-refractivity contribution in [3.8, 4) is 0 Å². The van der Waals surface area contributed by atoms with E-state index >= 15 is 0 Å². The van der Waals surface area contributed by atoms with Crippen LogP contribution in [0.4, 0.5) is 0 Å². The zero-order valence-electron chi connectivity index (χ0n) is 9.91. The van der Waals surface area contributed by atoms with Gasteiger partial charge in [0.15, 0.2) is 0 Å². The lowest BCUT2D eigenvalue weighted by Crippen LogP contribution is -2.12. The SMILES string of the molecule is O=C(Cc1ccccc1)n1ccc2ccccc21. The van der Waals surface area contributed by atoms with Gasteiger partial charge in [-0.25, -0.2) is 0 Å². The van der Waals surface area contributed by atoms with Gasteiger partial charge in [0.2, 0.25) is 5.91 Å². The topological polar surface area (TPSA) is 22.0 Å². The monoisotopic (exact) mass is 235 g/mol. The zero-order valence-corrected chi connectivity index (χ0v) is 9.91. The van der Waals surface area contributed by atoms with Crippen LogP contribution in [0.15, 0.2) is 66.9 Å². The van der Waals surface area contributed by atoms with Crippen LogP contribution in [0.3, 0.4) is 0 Å². The van der Waals surface area contributed by atoms with Crippen molar-refractivity contribution in [1.29, 1.82) is 0 Å². The van der Waals surface area contributed by atoms with Crippen molar-refractivity contribution in [2.75, 3.05) is 0 Å². The van der Waals surface area contributed by atoms with E-state index in [-0.39, 0.29) is 5.91 Å². The zero-order chi connectivity index (χ0) is 12.4. The van der Waals surface area contributed by atoms with Gasteiger partial charge in [0.05, 0.1) is 11.9 Å². The maximum atomic E-state index is 12.3. The Bertz CT molecular complexity index is 682. The lowest BCUT2D eigenvalue weighted by atomic mass is 10.1. The summed E-state index contributed by atoms with van der Waals surface area (Å²) >= 11 is 0. The summed E-state index contributed by atoms with van der Waals surface area (Å²) in [4.78, 5) is 12.3. The fraction of sp³-hybridized carbons (Fsp3) is 0.0625. The van der Waals surface area contributed by atoms with Gasteiger partial charge in [-0.2, -0.15) is 0 Å². The summed E-state index contributed by atoms with van der Waals surface area (Å²) < 4.78 is 1.72. The van der Waals surface area contributed by atoms with Crippen LogP contribution in [-0.2, 0) is 6.42 Å². The summed E-state index contributed by atoms with van der Waals surface area (Å²) in [6, 6.07) is 19.7. The number of para-hydroxylation sites is 1. The highest BCUT2D eigenvalue weighted by molar-refractivity contribution is 5.93. The maximum absolute atomic E-state index is 12.3. The van der Waals surface area contributed by atoms with E-state index in [4.69, 9.17) is 0 Å². The molecule has 18 heavy (non-hydrogen) atoms. The molecule has 0 fully saturated rings. The summed E-state index contributed by atoms with van der Waals surface area (Å²) in [5.41, 5.74) is 2.01. The summed E-state index contributed by atoms with van der Waals surface area (Å²) in [5.74, 6) is 0.0994. The van der Waals surface area contributed by atoms with Crippen LogP contribution >= 0.6 is 0 Å². The molecule has 2 heteroatoms. The lowest BCUT2D eigenvalue weighted by molar-refractivity contribution is 0.0919. The van der Waals surface area contributed by atoms with E-state index < -0.39 is 0 Å². The number of benzene rings is 2. The molecule has 88 valence electrons. The highest BCUT2D eigenvalue weighted by Gasteiger charge is 2.08. The van der Waals surface area contributed by atoms with Crippen LogP contribution in [-0.4, -0.2) is 10.5 Å². The van der Waals surface area contributed by atoms with Gasteiger partial charge in [0.25, 0.3) is 0 Å². The minimum absolute atomic E-state index is 0.0994.